The topological polar surface area (TPSA) is 54.8 Å². The Hall–Kier alpha value is -2.51. The molecule has 2 aliphatic heterocycles. The molecule has 0 spiro atoms. The first-order valence-corrected chi connectivity index (χ1v) is 11.6. The molecule has 2 aromatic rings. The van der Waals surface area contributed by atoms with E-state index in [1.807, 2.05) is 13.0 Å². The van der Waals surface area contributed by atoms with Crippen molar-refractivity contribution in [1.82, 2.24) is 14.4 Å². The third-order valence-corrected chi connectivity index (χ3v) is 6.45. The van der Waals surface area contributed by atoms with E-state index in [2.05, 4.69) is 9.47 Å². The van der Waals surface area contributed by atoms with Crippen molar-refractivity contribution in [2.75, 3.05) is 45.9 Å². The second-order valence-corrected chi connectivity index (χ2v) is 8.74. The second-order valence-electron chi connectivity index (χ2n) is 8.74. The zero-order valence-corrected chi connectivity index (χ0v) is 18.8. The highest BCUT2D eigenvalue weighted by atomic mass is 19.1. The predicted molar refractivity (Wildman–Crippen MR) is 122 cm³/mol. The van der Waals surface area contributed by atoms with Gasteiger partial charge in [0.05, 0.1) is 13.2 Å². The summed E-state index contributed by atoms with van der Waals surface area (Å²) in [5, 5.41) is 0. The van der Waals surface area contributed by atoms with Gasteiger partial charge < -0.3 is 14.2 Å². The third kappa shape index (κ3) is 5.27. The first kappa shape index (κ1) is 22.7. The maximum absolute atomic E-state index is 13.9. The number of hydrogen-bond donors (Lipinski definition) is 0. The lowest BCUT2D eigenvalue weighted by Gasteiger charge is -2.27. The quantitative estimate of drug-likeness (QED) is 0.663. The van der Waals surface area contributed by atoms with Crippen LogP contribution in [0.1, 0.15) is 46.6 Å². The van der Waals surface area contributed by atoms with Crippen LogP contribution in [0.5, 0.6) is 0 Å². The van der Waals surface area contributed by atoms with Gasteiger partial charge in [-0.3, -0.25) is 14.5 Å². The number of nitrogens with zero attached hydrogens (tertiary/aromatic N) is 3. The smallest absolute Gasteiger partial charge is 0.259 e. The first-order valence-electron chi connectivity index (χ1n) is 11.6. The predicted octanol–water partition coefficient (Wildman–Crippen LogP) is 2.84. The van der Waals surface area contributed by atoms with Crippen LogP contribution < -0.4 is 5.43 Å². The minimum Gasteiger partial charge on any atom is -0.379 e. The maximum atomic E-state index is 13.9. The van der Waals surface area contributed by atoms with Crippen LogP contribution in [0.15, 0.2) is 35.1 Å². The molecule has 0 atom stereocenters. The third-order valence-electron chi connectivity index (χ3n) is 6.45. The van der Waals surface area contributed by atoms with E-state index >= 15 is 0 Å². The van der Waals surface area contributed by atoms with Crippen LogP contribution in [0.25, 0.3) is 0 Å². The zero-order valence-electron chi connectivity index (χ0n) is 18.8. The summed E-state index contributed by atoms with van der Waals surface area (Å²) in [6, 6.07) is 7.98. The molecule has 32 heavy (non-hydrogen) atoms. The standard InChI is InChI=1S/C25H32FN3O3/c1-19-16-23(30)24(25(31)28-9-2-3-10-28)22(18-20-6-4-7-21(26)17-20)29(19)11-5-8-27-12-14-32-15-13-27/h4,6-7,16-17H,2-3,5,8-15,18H2,1H3. The molecule has 1 aromatic heterocycles. The molecule has 7 heteroatoms. The van der Waals surface area contributed by atoms with Crippen LogP contribution >= 0.6 is 0 Å². The second kappa shape index (κ2) is 10.4. The molecule has 0 saturated carbocycles. The van der Waals surface area contributed by atoms with E-state index in [9.17, 15) is 14.0 Å². The van der Waals surface area contributed by atoms with Crippen LogP contribution in [0, 0.1) is 12.7 Å². The van der Waals surface area contributed by atoms with E-state index < -0.39 is 0 Å². The minimum absolute atomic E-state index is 0.194. The lowest BCUT2D eigenvalue weighted by molar-refractivity contribution is 0.0369. The molecule has 2 fully saturated rings. The van der Waals surface area contributed by atoms with Gasteiger partial charge in [0, 0.05) is 63.1 Å². The molecule has 0 unspecified atom stereocenters. The number of benzene rings is 1. The van der Waals surface area contributed by atoms with Gasteiger partial charge >= 0.3 is 0 Å². The number of aryl methyl sites for hydroxylation is 1. The normalized spacial score (nSPS) is 17.1. The largest absolute Gasteiger partial charge is 0.379 e. The van der Waals surface area contributed by atoms with Crippen LogP contribution in [-0.4, -0.2) is 66.2 Å². The summed E-state index contributed by atoms with van der Waals surface area (Å²) >= 11 is 0. The van der Waals surface area contributed by atoms with E-state index in [-0.39, 0.29) is 22.7 Å². The highest BCUT2D eigenvalue weighted by molar-refractivity contribution is 5.95. The Morgan fingerprint density at radius 2 is 1.81 bits per heavy atom. The Morgan fingerprint density at radius 3 is 2.53 bits per heavy atom. The van der Waals surface area contributed by atoms with Gasteiger partial charge in [0.25, 0.3) is 5.91 Å². The fourth-order valence-corrected chi connectivity index (χ4v) is 4.75. The molecule has 0 aliphatic carbocycles. The highest BCUT2D eigenvalue weighted by Gasteiger charge is 2.27. The van der Waals surface area contributed by atoms with Gasteiger partial charge in [-0.25, -0.2) is 4.39 Å². The Kier molecular flexibility index (Phi) is 7.37. The number of likely N-dealkylation sites (tertiary alicyclic amines) is 1. The Balaban J connectivity index is 1.66. The Labute approximate surface area is 188 Å². The summed E-state index contributed by atoms with van der Waals surface area (Å²) in [4.78, 5) is 30.5. The molecule has 0 radical (unpaired) electrons. The number of carbonyl (C=O) groups excluding carboxylic acids is 1. The lowest BCUT2D eigenvalue weighted by atomic mass is 10.0. The van der Waals surface area contributed by atoms with Crippen molar-refractivity contribution < 1.29 is 13.9 Å². The SMILES string of the molecule is Cc1cc(=O)c(C(=O)N2CCCC2)c(Cc2cccc(F)c2)n1CCCN1CCOCC1. The molecule has 172 valence electrons. The fourth-order valence-electron chi connectivity index (χ4n) is 4.75. The van der Waals surface area contributed by atoms with Gasteiger partial charge in [0.15, 0.2) is 5.43 Å². The maximum Gasteiger partial charge on any atom is 0.259 e. The van der Waals surface area contributed by atoms with E-state index in [0.717, 1.165) is 63.4 Å². The molecule has 3 heterocycles. The van der Waals surface area contributed by atoms with Crippen molar-refractivity contribution in [3.63, 3.8) is 0 Å². The monoisotopic (exact) mass is 441 g/mol. The van der Waals surface area contributed by atoms with Crippen LogP contribution in [-0.2, 0) is 17.7 Å². The van der Waals surface area contributed by atoms with E-state index in [1.165, 1.54) is 12.1 Å². The number of aromatic nitrogens is 1. The summed E-state index contributed by atoms with van der Waals surface area (Å²) in [5.41, 5.74) is 2.29. The molecule has 2 saturated heterocycles. The molecule has 4 rings (SSSR count). The molecule has 1 amide bonds. The fraction of sp³-hybridized carbons (Fsp3) is 0.520. The number of rotatable bonds is 7. The van der Waals surface area contributed by atoms with E-state index in [4.69, 9.17) is 4.74 Å². The number of hydrogen-bond acceptors (Lipinski definition) is 4. The van der Waals surface area contributed by atoms with Crippen LogP contribution in [0.4, 0.5) is 4.39 Å². The van der Waals surface area contributed by atoms with E-state index in [1.54, 1.807) is 17.0 Å². The van der Waals surface area contributed by atoms with Gasteiger partial charge in [-0.2, -0.15) is 0 Å². The van der Waals surface area contributed by atoms with Crippen molar-refractivity contribution in [3.05, 3.63) is 68.9 Å². The average molecular weight is 442 g/mol. The molecular formula is C25H32FN3O3. The summed E-state index contributed by atoms with van der Waals surface area (Å²) in [6.07, 6.45) is 3.17. The number of morpholine rings is 1. The molecule has 1 aromatic carbocycles. The zero-order chi connectivity index (χ0) is 22.5. The summed E-state index contributed by atoms with van der Waals surface area (Å²) in [5.74, 6) is -0.510. The van der Waals surface area contributed by atoms with Crippen molar-refractivity contribution in [3.8, 4) is 0 Å². The highest BCUT2D eigenvalue weighted by Crippen LogP contribution is 2.20. The number of halogens is 1. The van der Waals surface area contributed by atoms with Crippen molar-refractivity contribution >= 4 is 5.91 Å². The number of ether oxygens (including phenoxy) is 1. The minimum atomic E-state index is -0.316. The Morgan fingerprint density at radius 1 is 1.06 bits per heavy atom. The van der Waals surface area contributed by atoms with E-state index in [0.29, 0.717) is 31.7 Å². The van der Waals surface area contributed by atoms with Gasteiger partial charge in [0.1, 0.15) is 11.4 Å². The number of pyridine rings is 1. The molecule has 0 N–H and O–H groups in total. The van der Waals surface area contributed by atoms with Crippen molar-refractivity contribution in [2.45, 2.75) is 39.2 Å². The van der Waals surface area contributed by atoms with Crippen molar-refractivity contribution in [1.29, 1.82) is 0 Å². The van der Waals surface area contributed by atoms with Gasteiger partial charge in [-0.05, 0) is 43.9 Å². The molecular weight excluding hydrogens is 409 g/mol. The number of amides is 1. The van der Waals surface area contributed by atoms with Gasteiger partial charge in [0.2, 0.25) is 0 Å². The van der Waals surface area contributed by atoms with Gasteiger partial charge in [-0.15, -0.1) is 0 Å². The van der Waals surface area contributed by atoms with Crippen LogP contribution in [0.3, 0.4) is 0 Å². The summed E-state index contributed by atoms with van der Waals surface area (Å²) in [7, 11) is 0. The lowest BCUT2D eigenvalue weighted by Crippen LogP contribution is -2.37. The summed E-state index contributed by atoms with van der Waals surface area (Å²) in [6.45, 7) is 8.29. The molecule has 0 bridgehead atoms. The number of carbonyl (C=O) groups is 1. The molecule has 6 nitrogen and oxygen atoms in total. The Bertz CT molecular complexity index is 1010. The van der Waals surface area contributed by atoms with Crippen LogP contribution in [0.2, 0.25) is 0 Å². The summed E-state index contributed by atoms with van der Waals surface area (Å²) < 4.78 is 21.4. The average Bonchev–Trinajstić information content (AvgIpc) is 3.31. The first-order chi connectivity index (χ1) is 15.5. The van der Waals surface area contributed by atoms with Gasteiger partial charge in [-0.1, -0.05) is 12.1 Å². The van der Waals surface area contributed by atoms with Crippen molar-refractivity contribution in [2.24, 2.45) is 0 Å². The molecule has 2 aliphatic rings.